The third-order valence-electron chi connectivity index (χ3n) is 6.22. The molecule has 2 amide bonds. The van der Waals surface area contributed by atoms with Gasteiger partial charge in [0.2, 0.25) is 0 Å². The van der Waals surface area contributed by atoms with E-state index in [2.05, 4.69) is 0 Å². The maximum absolute atomic E-state index is 13.3. The highest BCUT2D eigenvalue weighted by Crippen LogP contribution is 2.38. The first-order valence-electron chi connectivity index (χ1n) is 11.8. The van der Waals surface area contributed by atoms with Crippen molar-refractivity contribution in [3.63, 3.8) is 0 Å². The molecule has 2 aliphatic rings. The van der Waals surface area contributed by atoms with Crippen molar-refractivity contribution in [1.82, 2.24) is 4.90 Å². The van der Waals surface area contributed by atoms with Crippen LogP contribution in [0.3, 0.4) is 0 Å². The second kappa shape index (κ2) is 9.47. The van der Waals surface area contributed by atoms with Crippen LogP contribution in [0, 0.1) is 0 Å². The number of carbonyl (C=O) groups is 2. The Hall–Kier alpha value is -4.17. The Morgan fingerprint density at radius 2 is 1.72 bits per heavy atom. The Bertz CT molecular complexity index is 1350. The molecule has 0 saturated heterocycles. The van der Waals surface area contributed by atoms with Crippen molar-refractivity contribution in [3.8, 4) is 11.5 Å². The molecule has 2 heterocycles. The molecule has 0 bridgehead atoms. The van der Waals surface area contributed by atoms with Gasteiger partial charge in [-0.05, 0) is 56.3 Å². The van der Waals surface area contributed by atoms with Crippen LogP contribution in [0.25, 0.3) is 0 Å². The van der Waals surface area contributed by atoms with Gasteiger partial charge >= 0.3 is 0 Å². The van der Waals surface area contributed by atoms with Crippen LogP contribution in [-0.4, -0.2) is 47.4 Å². The number of methoxy groups -OCH3 is 1. The number of aliphatic hydroxyl groups is 1. The zero-order valence-electron chi connectivity index (χ0n) is 20.3. The van der Waals surface area contributed by atoms with Crippen LogP contribution in [-0.2, 0) is 0 Å². The first kappa shape index (κ1) is 23.6. The first-order valence-corrected chi connectivity index (χ1v) is 11.8. The van der Waals surface area contributed by atoms with Gasteiger partial charge in [0.25, 0.3) is 11.8 Å². The van der Waals surface area contributed by atoms with Gasteiger partial charge in [0.1, 0.15) is 17.3 Å². The zero-order valence-corrected chi connectivity index (χ0v) is 20.3. The molecule has 0 spiro atoms. The number of rotatable bonds is 7. The van der Waals surface area contributed by atoms with Gasteiger partial charge in [0.05, 0.1) is 30.0 Å². The minimum Gasteiger partial charge on any atom is -0.497 e. The van der Waals surface area contributed by atoms with Crippen LogP contribution in [0.2, 0.25) is 0 Å². The fraction of sp³-hybridized carbons (Fsp3) is 0.250. The number of hydrogen-bond acceptors (Lipinski definition) is 7. The Morgan fingerprint density at radius 3 is 2.44 bits per heavy atom. The third kappa shape index (κ3) is 4.09. The number of para-hydroxylation sites is 1. The maximum atomic E-state index is 13.3. The van der Waals surface area contributed by atoms with Crippen molar-refractivity contribution in [2.24, 2.45) is 4.99 Å². The number of benzene rings is 3. The van der Waals surface area contributed by atoms with Gasteiger partial charge in [-0.2, -0.15) is 0 Å². The predicted octanol–water partition coefficient (Wildman–Crippen LogP) is 4.71. The molecule has 0 aliphatic carbocycles. The second-order valence-electron chi connectivity index (χ2n) is 8.89. The fourth-order valence-corrected chi connectivity index (χ4v) is 4.56. The van der Waals surface area contributed by atoms with Crippen molar-refractivity contribution in [3.05, 3.63) is 83.4 Å². The molecule has 8 heteroatoms. The number of aliphatic hydroxyl groups excluding tert-OH is 1. The van der Waals surface area contributed by atoms with Gasteiger partial charge in [-0.25, -0.2) is 4.99 Å². The quantitative estimate of drug-likeness (QED) is 0.488. The largest absolute Gasteiger partial charge is 0.497 e. The summed E-state index contributed by atoms with van der Waals surface area (Å²) >= 11 is 0. The van der Waals surface area contributed by atoms with Crippen LogP contribution in [0.15, 0.2) is 71.7 Å². The SMILES string of the molecule is COc1ccc(N2C(CCN3C(=O)c4cccc(OC(C)C)c4C3=O)=Nc3ccccc3C2O)cc1. The average molecular weight is 486 g/mol. The molecule has 8 nitrogen and oxygen atoms in total. The van der Waals surface area contributed by atoms with Gasteiger partial charge < -0.3 is 14.6 Å². The van der Waals surface area contributed by atoms with Crippen molar-refractivity contribution in [2.75, 3.05) is 18.6 Å². The second-order valence-corrected chi connectivity index (χ2v) is 8.89. The normalized spacial score (nSPS) is 16.7. The van der Waals surface area contributed by atoms with Crippen LogP contribution in [0.4, 0.5) is 11.4 Å². The number of imide groups is 1. The molecule has 3 aromatic carbocycles. The first-order chi connectivity index (χ1) is 17.4. The molecule has 0 radical (unpaired) electrons. The van der Waals surface area contributed by atoms with E-state index in [1.807, 2.05) is 50.2 Å². The molecule has 184 valence electrons. The molecular formula is C28H27N3O5. The van der Waals surface area contributed by atoms with Crippen LogP contribution < -0.4 is 14.4 Å². The number of hydrogen-bond donors (Lipinski definition) is 1. The fourth-order valence-electron chi connectivity index (χ4n) is 4.56. The number of amidine groups is 1. The summed E-state index contributed by atoms with van der Waals surface area (Å²) in [4.78, 5) is 34.1. The number of aliphatic imine (C=N–C) groups is 1. The lowest BCUT2D eigenvalue weighted by Crippen LogP contribution is -2.40. The summed E-state index contributed by atoms with van der Waals surface area (Å²) in [6, 6.07) is 19.7. The van der Waals surface area contributed by atoms with Crippen LogP contribution >= 0.6 is 0 Å². The van der Waals surface area contributed by atoms with E-state index in [4.69, 9.17) is 14.5 Å². The predicted molar refractivity (Wildman–Crippen MR) is 136 cm³/mol. The van der Waals surface area contributed by atoms with Gasteiger partial charge in [-0.3, -0.25) is 19.4 Å². The molecule has 1 N–H and O–H groups in total. The minimum absolute atomic E-state index is 0.105. The Kier molecular flexibility index (Phi) is 6.20. The number of carbonyl (C=O) groups excluding carboxylic acids is 2. The van der Waals surface area contributed by atoms with Gasteiger partial charge in [-0.1, -0.05) is 24.3 Å². The zero-order chi connectivity index (χ0) is 25.4. The Morgan fingerprint density at radius 1 is 0.972 bits per heavy atom. The minimum atomic E-state index is -0.977. The molecule has 0 aromatic heterocycles. The van der Waals surface area contributed by atoms with Crippen molar-refractivity contribution in [2.45, 2.75) is 32.6 Å². The average Bonchev–Trinajstić information content (AvgIpc) is 3.12. The van der Waals surface area contributed by atoms with Gasteiger partial charge in [0.15, 0.2) is 6.23 Å². The highest BCUT2D eigenvalue weighted by atomic mass is 16.5. The maximum Gasteiger partial charge on any atom is 0.265 e. The van der Waals surface area contributed by atoms with E-state index in [0.29, 0.717) is 45.4 Å². The summed E-state index contributed by atoms with van der Waals surface area (Å²) < 4.78 is 11.1. The van der Waals surface area contributed by atoms with Crippen molar-refractivity contribution < 1.29 is 24.2 Å². The topological polar surface area (TPSA) is 91.7 Å². The molecule has 2 aliphatic heterocycles. The molecule has 1 unspecified atom stereocenters. The number of amides is 2. The Balaban J connectivity index is 1.45. The molecule has 0 fully saturated rings. The van der Waals surface area contributed by atoms with Gasteiger partial charge in [0, 0.05) is 24.2 Å². The van der Waals surface area contributed by atoms with E-state index in [1.165, 1.54) is 4.90 Å². The summed E-state index contributed by atoms with van der Waals surface area (Å²) in [5.41, 5.74) is 2.67. The summed E-state index contributed by atoms with van der Waals surface area (Å²) in [7, 11) is 1.59. The number of nitrogens with zero attached hydrogens (tertiary/aromatic N) is 3. The van der Waals surface area contributed by atoms with Crippen LogP contribution in [0.1, 0.15) is 52.8 Å². The van der Waals surface area contributed by atoms with Gasteiger partial charge in [-0.15, -0.1) is 0 Å². The number of anilines is 1. The monoisotopic (exact) mass is 485 g/mol. The van der Waals surface area contributed by atoms with E-state index >= 15 is 0 Å². The number of fused-ring (bicyclic) bond motifs is 2. The third-order valence-corrected chi connectivity index (χ3v) is 6.22. The number of ether oxygens (including phenoxy) is 2. The summed E-state index contributed by atoms with van der Waals surface area (Å²) in [5.74, 6) is 0.885. The smallest absolute Gasteiger partial charge is 0.265 e. The molecule has 3 aromatic rings. The molecule has 0 saturated carbocycles. The van der Waals surface area contributed by atoms with E-state index in [9.17, 15) is 14.7 Å². The molecule has 36 heavy (non-hydrogen) atoms. The lowest BCUT2D eigenvalue weighted by atomic mass is 10.1. The lowest BCUT2D eigenvalue weighted by molar-refractivity contribution is 0.0657. The van der Waals surface area contributed by atoms with E-state index < -0.39 is 6.23 Å². The standard InChI is InChI=1S/C28H27N3O5/c1-17(2)36-23-10-6-8-21-25(23)28(34)30(26(21)32)16-15-24-29-22-9-5-4-7-20(22)27(33)31(24)18-11-13-19(35-3)14-12-18/h4-14,17,27,33H,15-16H2,1-3H3. The van der Waals surface area contributed by atoms with E-state index in [1.54, 1.807) is 42.3 Å². The molecule has 1 atom stereocenters. The summed E-state index contributed by atoms with van der Waals surface area (Å²) in [6.45, 7) is 3.85. The van der Waals surface area contributed by atoms with E-state index in [0.717, 1.165) is 0 Å². The van der Waals surface area contributed by atoms with Crippen LogP contribution in [0.5, 0.6) is 11.5 Å². The summed E-state index contributed by atoms with van der Waals surface area (Å²) in [6.07, 6.45) is -0.858. The highest BCUT2D eigenvalue weighted by molar-refractivity contribution is 6.22. The van der Waals surface area contributed by atoms with Crippen molar-refractivity contribution >= 4 is 29.0 Å². The molecular weight excluding hydrogens is 458 g/mol. The van der Waals surface area contributed by atoms with Crippen molar-refractivity contribution in [1.29, 1.82) is 0 Å². The lowest BCUT2D eigenvalue weighted by Gasteiger charge is -2.35. The molecule has 5 rings (SSSR count). The Labute approximate surface area is 209 Å². The summed E-state index contributed by atoms with van der Waals surface area (Å²) in [5, 5.41) is 11.3. The van der Waals surface area contributed by atoms with E-state index in [-0.39, 0.29) is 30.9 Å². The highest BCUT2D eigenvalue weighted by Gasteiger charge is 2.39.